The molecule has 0 radical (unpaired) electrons. The lowest BCUT2D eigenvalue weighted by molar-refractivity contribution is 0.0694. The fourth-order valence-electron chi connectivity index (χ4n) is 2.22. The van der Waals surface area contributed by atoms with Crippen molar-refractivity contribution in [1.82, 2.24) is 4.98 Å². The van der Waals surface area contributed by atoms with Crippen LogP contribution < -0.4 is 0 Å². The molecule has 0 saturated carbocycles. The summed E-state index contributed by atoms with van der Waals surface area (Å²) in [4.78, 5) is 14.4. The van der Waals surface area contributed by atoms with Crippen LogP contribution in [0.15, 0.2) is 0 Å². The zero-order valence-electron chi connectivity index (χ0n) is 8.55. The van der Waals surface area contributed by atoms with E-state index < -0.39 is 5.97 Å². The van der Waals surface area contributed by atoms with Crippen LogP contribution in [-0.4, -0.2) is 16.1 Å². The van der Waals surface area contributed by atoms with Crippen molar-refractivity contribution < 1.29 is 9.90 Å². The molecule has 2 rings (SSSR count). The Balaban J connectivity index is 2.57. The van der Waals surface area contributed by atoms with Crippen molar-refractivity contribution in [1.29, 1.82) is 0 Å². The largest absolute Gasteiger partial charge is 0.478 e. The molecule has 1 aromatic rings. The van der Waals surface area contributed by atoms with Gasteiger partial charge in [-0.25, -0.2) is 4.79 Å². The van der Waals surface area contributed by atoms with Crippen LogP contribution in [0, 0.1) is 0 Å². The molecular formula is C11H15NO2. The van der Waals surface area contributed by atoms with E-state index in [4.69, 9.17) is 5.11 Å². The highest BCUT2D eigenvalue weighted by Gasteiger charge is 2.26. The molecule has 14 heavy (non-hydrogen) atoms. The van der Waals surface area contributed by atoms with E-state index in [2.05, 4.69) is 4.98 Å². The number of H-pyrrole nitrogens is 1. The van der Waals surface area contributed by atoms with Crippen LogP contribution in [0.4, 0.5) is 0 Å². The van der Waals surface area contributed by atoms with Crippen LogP contribution >= 0.6 is 0 Å². The lowest BCUT2D eigenvalue weighted by atomic mass is 10.0. The maximum atomic E-state index is 11.1. The standard InChI is InChI=1S/C11H15NO2/c1-6(2)10-9(11(13)14)7-4-3-5-8(7)12-10/h6,12H,3-5H2,1-2H3,(H,13,14). The Kier molecular flexibility index (Phi) is 2.10. The third-order valence-corrected chi connectivity index (χ3v) is 2.87. The van der Waals surface area contributed by atoms with Crippen LogP contribution in [-0.2, 0) is 12.8 Å². The molecule has 0 aliphatic heterocycles. The van der Waals surface area contributed by atoms with Crippen molar-refractivity contribution in [2.24, 2.45) is 0 Å². The fraction of sp³-hybridized carbons (Fsp3) is 0.545. The van der Waals surface area contributed by atoms with Gasteiger partial charge in [0.05, 0.1) is 5.56 Å². The summed E-state index contributed by atoms with van der Waals surface area (Å²) in [5.41, 5.74) is 3.61. The van der Waals surface area contributed by atoms with Crippen molar-refractivity contribution in [2.45, 2.75) is 39.0 Å². The number of rotatable bonds is 2. The minimum Gasteiger partial charge on any atom is -0.478 e. The molecule has 1 aliphatic rings. The lowest BCUT2D eigenvalue weighted by Gasteiger charge is -2.05. The first-order valence-electron chi connectivity index (χ1n) is 5.08. The van der Waals surface area contributed by atoms with Crippen molar-refractivity contribution in [3.63, 3.8) is 0 Å². The zero-order valence-corrected chi connectivity index (χ0v) is 8.55. The third-order valence-electron chi connectivity index (χ3n) is 2.87. The highest BCUT2D eigenvalue weighted by molar-refractivity contribution is 5.91. The van der Waals surface area contributed by atoms with Crippen LogP contribution in [0.1, 0.15) is 53.5 Å². The van der Waals surface area contributed by atoms with Gasteiger partial charge in [0.2, 0.25) is 0 Å². The monoisotopic (exact) mass is 193 g/mol. The summed E-state index contributed by atoms with van der Waals surface area (Å²) in [6, 6.07) is 0. The number of aromatic amines is 1. The summed E-state index contributed by atoms with van der Waals surface area (Å²) in [7, 11) is 0. The molecule has 3 heteroatoms. The number of aryl methyl sites for hydroxylation is 1. The number of nitrogens with one attached hydrogen (secondary N) is 1. The van der Waals surface area contributed by atoms with Crippen LogP contribution in [0.25, 0.3) is 0 Å². The summed E-state index contributed by atoms with van der Waals surface area (Å²) in [5.74, 6) is -0.528. The van der Waals surface area contributed by atoms with Gasteiger partial charge < -0.3 is 10.1 Å². The fourth-order valence-corrected chi connectivity index (χ4v) is 2.22. The first-order valence-corrected chi connectivity index (χ1v) is 5.08. The number of carboxylic acid groups (broad SMARTS) is 1. The highest BCUT2D eigenvalue weighted by Crippen LogP contribution is 2.31. The normalized spacial score (nSPS) is 14.8. The first-order chi connectivity index (χ1) is 6.61. The van der Waals surface area contributed by atoms with Gasteiger partial charge >= 0.3 is 5.97 Å². The zero-order chi connectivity index (χ0) is 10.3. The van der Waals surface area contributed by atoms with E-state index >= 15 is 0 Å². The summed E-state index contributed by atoms with van der Waals surface area (Å²) in [6.07, 6.45) is 3.00. The second-order valence-corrected chi connectivity index (χ2v) is 4.18. The molecule has 0 aromatic carbocycles. The van der Waals surface area contributed by atoms with Crippen molar-refractivity contribution in [3.8, 4) is 0 Å². The van der Waals surface area contributed by atoms with E-state index in [1.165, 1.54) is 0 Å². The molecule has 0 saturated heterocycles. The Hall–Kier alpha value is -1.25. The van der Waals surface area contributed by atoms with Gasteiger partial charge in [-0.3, -0.25) is 0 Å². The number of aromatic carboxylic acids is 1. The van der Waals surface area contributed by atoms with Crippen molar-refractivity contribution in [2.75, 3.05) is 0 Å². The summed E-state index contributed by atoms with van der Waals surface area (Å²) >= 11 is 0. The van der Waals surface area contributed by atoms with Gasteiger partial charge in [-0.2, -0.15) is 0 Å². The third kappa shape index (κ3) is 1.24. The number of carbonyl (C=O) groups is 1. The summed E-state index contributed by atoms with van der Waals surface area (Å²) < 4.78 is 0. The van der Waals surface area contributed by atoms with Gasteiger partial charge in [0.25, 0.3) is 0 Å². The number of fused-ring (bicyclic) bond motifs is 1. The van der Waals surface area contributed by atoms with Crippen molar-refractivity contribution in [3.05, 3.63) is 22.5 Å². The molecule has 0 bridgehead atoms. The Bertz CT molecular complexity index is 377. The van der Waals surface area contributed by atoms with E-state index in [9.17, 15) is 4.79 Å². The number of carboxylic acids is 1. The molecule has 1 heterocycles. The SMILES string of the molecule is CC(C)c1[nH]c2c(c1C(=O)O)CCC2. The van der Waals surface area contributed by atoms with Gasteiger partial charge in [0.1, 0.15) is 0 Å². The van der Waals surface area contributed by atoms with Gasteiger partial charge in [-0.05, 0) is 30.7 Å². The predicted molar refractivity (Wildman–Crippen MR) is 53.9 cm³/mol. The van der Waals surface area contributed by atoms with Crippen LogP contribution in [0.5, 0.6) is 0 Å². The van der Waals surface area contributed by atoms with Gasteiger partial charge in [0, 0.05) is 11.4 Å². The quantitative estimate of drug-likeness (QED) is 0.757. The van der Waals surface area contributed by atoms with Crippen LogP contribution in [0.2, 0.25) is 0 Å². The van der Waals surface area contributed by atoms with Gasteiger partial charge in [0.15, 0.2) is 0 Å². The number of hydrogen-bond donors (Lipinski definition) is 2. The lowest BCUT2D eigenvalue weighted by Crippen LogP contribution is -2.04. The molecule has 0 unspecified atom stereocenters. The molecule has 2 N–H and O–H groups in total. The summed E-state index contributed by atoms with van der Waals surface area (Å²) in [5, 5.41) is 9.15. The Labute approximate surface area is 83.1 Å². The molecule has 0 amide bonds. The van der Waals surface area contributed by atoms with E-state index in [1.807, 2.05) is 13.8 Å². The topological polar surface area (TPSA) is 53.1 Å². The Morgan fingerprint density at radius 1 is 1.43 bits per heavy atom. The molecule has 0 atom stereocenters. The Morgan fingerprint density at radius 2 is 2.14 bits per heavy atom. The van der Waals surface area contributed by atoms with E-state index in [-0.39, 0.29) is 5.92 Å². The molecule has 1 aromatic heterocycles. The maximum Gasteiger partial charge on any atom is 0.337 e. The predicted octanol–water partition coefficient (Wildman–Crippen LogP) is 2.33. The minimum absolute atomic E-state index is 0.256. The Morgan fingerprint density at radius 3 is 2.71 bits per heavy atom. The van der Waals surface area contributed by atoms with Crippen molar-refractivity contribution >= 4 is 5.97 Å². The average Bonchev–Trinajstić information content (AvgIpc) is 2.58. The molecule has 0 fully saturated rings. The summed E-state index contributed by atoms with van der Waals surface area (Å²) in [6.45, 7) is 4.04. The van der Waals surface area contributed by atoms with Gasteiger partial charge in [-0.15, -0.1) is 0 Å². The second kappa shape index (κ2) is 3.15. The average molecular weight is 193 g/mol. The van der Waals surface area contributed by atoms with Gasteiger partial charge in [-0.1, -0.05) is 13.8 Å². The maximum absolute atomic E-state index is 11.1. The van der Waals surface area contributed by atoms with E-state index in [0.717, 1.165) is 36.2 Å². The van der Waals surface area contributed by atoms with E-state index in [1.54, 1.807) is 0 Å². The minimum atomic E-state index is -0.784. The first kappa shape index (κ1) is 9.31. The van der Waals surface area contributed by atoms with Crippen LogP contribution in [0.3, 0.4) is 0 Å². The molecule has 76 valence electrons. The molecular weight excluding hydrogens is 178 g/mol. The van der Waals surface area contributed by atoms with E-state index in [0.29, 0.717) is 5.56 Å². The smallest absolute Gasteiger partial charge is 0.337 e. The highest BCUT2D eigenvalue weighted by atomic mass is 16.4. The molecule has 1 aliphatic carbocycles. The molecule has 3 nitrogen and oxygen atoms in total. The second-order valence-electron chi connectivity index (χ2n) is 4.18. The molecule has 0 spiro atoms. The number of aromatic nitrogens is 1. The number of hydrogen-bond acceptors (Lipinski definition) is 1.